The number of ether oxygens (including phenoxy) is 1. The van der Waals surface area contributed by atoms with Gasteiger partial charge in [-0.15, -0.1) is 11.3 Å². The molecule has 0 fully saturated rings. The predicted octanol–water partition coefficient (Wildman–Crippen LogP) is 4.94. The summed E-state index contributed by atoms with van der Waals surface area (Å²) in [6.45, 7) is 3.03. The molecule has 2 nitrogen and oxygen atoms in total. The van der Waals surface area contributed by atoms with Gasteiger partial charge in [-0.1, -0.05) is 28.9 Å². The van der Waals surface area contributed by atoms with E-state index in [0.29, 0.717) is 6.42 Å². The van der Waals surface area contributed by atoms with Crippen molar-refractivity contribution in [2.45, 2.75) is 25.8 Å². The van der Waals surface area contributed by atoms with Crippen molar-refractivity contribution in [1.82, 2.24) is 5.32 Å². The summed E-state index contributed by atoms with van der Waals surface area (Å²) < 4.78 is 20.0. The van der Waals surface area contributed by atoms with Gasteiger partial charge in [0.1, 0.15) is 11.6 Å². The standard InChI is InChI=1S/C16H19BrFNOS/c1-3-6-19-15(16-9-13(20-2)10-21-16)7-11-4-5-12(17)8-14(11)18/h4-5,8-10,15,19H,3,6-7H2,1-2H3. The Morgan fingerprint density at radius 3 is 2.81 bits per heavy atom. The van der Waals surface area contributed by atoms with Gasteiger partial charge >= 0.3 is 0 Å². The van der Waals surface area contributed by atoms with Crippen molar-refractivity contribution in [3.05, 3.63) is 50.4 Å². The van der Waals surface area contributed by atoms with Gasteiger partial charge in [0, 0.05) is 20.8 Å². The second kappa shape index (κ2) is 7.92. The van der Waals surface area contributed by atoms with Crippen LogP contribution < -0.4 is 10.1 Å². The van der Waals surface area contributed by atoms with E-state index >= 15 is 0 Å². The molecule has 0 aliphatic carbocycles. The van der Waals surface area contributed by atoms with Gasteiger partial charge in [-0.05, 0) is 43.1 Å². The van der Waals surface area contributed by atoms with Crippen molar-refractivity contribution < 1.29 is 9.13 Å². The molecule has 1 N–H and O–H groups in total. The van der Waals surface area contributed by atoms with Gasteiger partial charge in [0.25, 0.3) is 0 Å². The van der Waals surface area contributed by atoms with E-state index in [1.54, 1.807) is 18.4 Å². The molecule has 5 heteroatoms. The number of nitrogens with one attached hydrogen (secondary N) is 1. The van der Waals surface area contributed by atoms with Gasteiger partial charge in [-0.25, -0.2) is 4.39 Å². The van der Waals surface area contributed by atoms with Crippen molar-refractivity contribution in [3.8, 4) is 5.75 Å². The largest absolute Gasteiger partial charge is 0.496 e. The molecule has 0 radical (unpaired) electrons. The van der Waals surface area contributed by atoms with Crippen LogP contribution in [0, 0.1) is 5.82 Å². The summed E-state index contributed by atoms with van der Waals surface area (Å²) in [5.41, 5.74) is 0.721. The van der Waals surface area contributed by atoms with Crippen LogP contribution in [0.2, 0.25) is 0 Å². The van der Waals surface area contributed by atoms with Crippen LogP contribution in [0.1, 0.15) is 29.8 Å². The van der Waals surface area contributed by atoms with Crippen LogP contribution in [-0.2, 0) is 6.42 Å². The average molecular weight is 372 g/mol. The Kier molecular flexibility index (Phi) is 6.21. The van der Waals surface area contributed by atoms with Crippen molar-refractivity contribution in [2.75, 3.05) is 13.7 Å². The summed E-state index contributed by atoms with van der Waals surface area (Å²) in [6.07, 6.45) is 1.67. The molecule has 2 rings (SSSR count). The second-order valence-corrected chi connectivity index (χ2v) is 6.69. The minimum absolute atomic E-state index is 0.106. The molecule has 21 heavy (non-hydrogen) atoms. The Bertz CT molecular complexity index is 587. The summed E-state index contributed by atoms with van der Waals surface area (Å²) >= 11 is 4.93. The maximum atomic E-state index is 14.0. The van der Waals surface area contributed by atoms with Crippen LogP contribution >= 0.6 is 27.3 Å². The third kappa shape index (κ3) is 4.53. The van der Waals surface area contributed by atoms with E-state index in [2.05, 4.69) is 28.2 Å². The van der Waals surface area contributed by atoms with E-state index in [1.165, 1.54) is 10.9 Å². The Morgan fingerprint density at radius 1 is 1.38 bits per heavy atom. The average Bonchev–Trinajstić information content (AvgIpc) is 2.94. The van der Waals surface area contributed by atoms with Crippen molar-refractivity contribution in [1.29, 1.82) is 0 Å². The smallest absolute Gasteiger partial charge is 0.129 e. The number of thiophene rings is 1. The van der Waals surface area contributed by atoms with Crippen LogP contribution in [0.25, 0.3) is 0 Å². The third-order valence-electron chi connectivity index (χ3n) is 3.25. The molecule has 0 spiro atoms. The van der Waals surface area contributed by atoms with Crippen LogP contribution in [0.4, 0.5) is 4.39 Å². The van der Waals surface area contributed by atoms with Gasteiger partial charge in [0.05, 0.1) is 7.11 Å². The summed E-state index contributed by atoms with van der Waals surface area (Å²) in [7, 11) is 1.66. The maximum Gasteiger partial charge on any atom is 0.129 e. The molecular formula is C16H19BrFNOS. The second-order valence-electron chi connectivity index (χ2n) is 4.84. The van der Waals surface area contributed by atoms with Gasteiger partial charge in [0.2, 0.25) is 0 Å². The SMILES string of the molecule is CCCNC(Cc1ccc(Br)cc1F)c1cc(OC)cs1. The Labute approximate surface area is 137 Å². The van der Waals surface area contributed by atoms with E-state index in [0.717, 1.165) is 28.8 Å². The lowest BCUT2D eigenvalue weighted by molar-refractivity contribution is 0.415. The van der Waals surface area contributed by atoms with E-state index in [1.807, 2.05) is 23.6 Å². The fourth-order valence-electron chi connectivity index (χ4n) is 2.12. The molecule has 1 heterocycles. The first-order chi connectivity index (χ1) is 10.1. The molecule has 114 valence electrons. The predicted molar refractivity (Wildman–Crippen MR) is 89.7 cm³/mol. The molecule has 1 unspecified atom stereocenters. The molecule has 1 aromatic carbocycles. The van der Waals surface area contributed by atoms with Gasteiger partial charge in [-0.2, -0.15) is 0 Å². The first-order valence-electron chi connectivity index (χ1n) is 6.93. The monoisotopic (exact) mass is 371 g/mol. The summed E-state index contributed by atoms with van der Waals surface area (Å²) in [5.74, 6) is 0.686. The molecule has 0 aliphatic rings. The van der Waals surface area contributed by atoms with Gasteiger partial charge < -0.3 is 10.1 Å². The van der Waals surface area contributed by atoms with E-state index in [9.17, 15) is 4.39 Å². The molecule has 0 aliphatic heterocycles. The highest BCUT2D eigenvalue weighted by molar-refractivity contribution is 9.10. The quantitative estimate of drug-likeness (QED) is 0.743. The zero-order valence-electron chi connectivity index (χ0n) is 12.2. The van der Waals surface area contributed by atoms with Crippen LogP contribution in [0.15, 0.2) is 34.1 Å². The zero-order valence-corrected chi connectivity index (χ0v) is 14.6. The third-order valence-corrected chi connectivity index (χ3v) is 4.77. The van der Waals surface area contributed by atoms with Crippen LogP contribution in [0.3, 0.4) is 0 Å². The van der Waals surface area contributed by atoms with Crippen LogP contribution in [0.5, 0.6) is 5.75 Å². The Hall–Kier alpha value is -0.910. The highest BCUT2D eigenvalue weighted by atomic mass is 79.9. The number of halogens is 2. The number of rotatable bonds is 7. The lowest BCUT2D eigenvalue weighted by atomic mass is 10.0. The lowest BCUT2D eigenvalue weighted by Gasteiger charge is -2.17. The van der Waals surface area contributed by atoms with E-state index < -0.39 is 0 Å². The van der Waals surface area contributed by atoms with E-state index in [4.69, 9.17) is 4.74 Å². The molecular weight excluding hydrogens is 353 g/mol. The minimum atomic E-state index is -0.170. The molecule has 1 aromatic heterocycles. The molecule has 0 saturated carbocycles. The number of hydrogen-bond acceptors (Lipinski definition) is 3. The first-order valence-corrected chi connectivity index (χ1v) is 8.61. The lowest BCUT2D eigenvalue weighted by Crippen LogP contribution is -2.23. The normalized spacial score (nSPS) is 12.4. The fraction of sp³-hybridized carbons (Fsp3) is 0.375. The van der Waals surface area contributed by atoms with Gasteiger partial charge in [-0.3, -0.25) is 0 Å². The molecule has 2 aromatic rings. The highest BCUT2D eigenvalue weighted by Crippen LogP contribution is 2.30. The minimum Gasteiger partial charge on any atom is -0.496 e. The first kappa shape index (κ1) is 16.5. The van der Waals surface area contributed by atoms with Crippen molar-refractivity contribution in [2.24, 2.45) is 0 Å². The maximum absolute atomic E-state index is 14.0. The van der Waals surface area contributed by atoms with Gasteiger partial charge in [0.15, 0.2) is 0 Å². The molecule has 0 bridgehead atoms. The highest BCUT2D eigenvalue weighted by Gasteiger charge is 2.16. The Morgan fingerprint density at radius 2 is 2.19 bits per heavy atom. The summed E-state index contributed by atoms with van der Waals surface area (Å²) in [6, 6.07) is 7.36. The summed E-state index contributed by atoms with van der Waals surface area (Å²) in [5, 5.41) is 5.47. The Balaban J connectivity index is 2.19. The zero-order chi connectivity index (χ0) is 15.2. The topological polar surface area (TPSA) is 21.3 Å². The molecule has 1 atom stereocenters. The molecule has 0 amide bonds. The van der Waals surface area contributed by atoms with Crippen molar-refractivity contribution in [3.63, 3.8) is 0 Å². The van der Waals surface area contributed by atoms with E-state index in [-0.39, 0.29) is 11.9 Å². The summed E-state index contributed by atoms with van der Waals surface area (Å²) in [4.78, 5) is 1.17. The van der Waals surface area contributed by atoms with Crippen molar-refractivity contribution >= 4 is 27.3 Å². The number of benzene rings is 1. The molecule has 0 saturated heterocycles. The number of methoxy groups -OCH3 is 1. The fourth-order valence-corrected chi connectivity index (χ4v) is 3.39. The van der Waals surface area contributed by atoms with Crippen LogP contribution in [-0.4, -0.2) is 13.7 Å². The number of hydrogen-bond donors (Lipinski definition) is 1.